The van der Waals surface area contributed by atoms with Gasteiger partial charge in [-0.3, -0.25) is 9.59 Å². The van der Waals surface area contributed by atoms with Gasteiger partial charge in [-0.05, 0) is 5.56 Å². The molecule has 6 heteroatoms. The molecule has 0 saturated heterocycles. The molecule has 0 saturated carbocycles. The van der Waals surface area contributed by atoms with Gasteiger partial charge in [0.1, 0.15) is 0 Å². The number of carbonyl (C=O) groups is 1. The number of aldehydes is 1. The zero-order valence-corrected chi connectivity index (χ0v) is 8.48. The van der Waals surface area contributed by atoms with E-state index < -0.39 is 17.5 Å². The number of halogens is 3. The lowest BCUT2D eigenvalue weighted by Gasteiger charge is -2.07. The maximum atomic E-state index is 12.5. The molecular weight excluding hydrogens is 260 g/mol. The van der Waals surface area contributed by atoms with E-state index in [1.807, 2.05) is 0 Å². The monoisotopic (exact) mass is 265 g/mol. The Balaban J connectivity index is 3.48. The van der Waals surface area contributed by atoms with Crippen LogP contribution in [0.2, 0.25) is 0 Å². The first-order chi connectivity index (χ1) is 6.60. The predicted octanol–water partition coefficient (Wildman–Crippen LogP) is 2.02. The Labute approximate surface area is 86.3 Å². The predicted molar refractivity (Wildman–Crippen MR) is 50.0 cm³/mol. The fourth-order valence-electron chi connectivity index (χ4n) is 1.11. The highest BCUT2D eigenvalue weighted by Gasteiger charge is 2.18. The van der Waals surface area contributed by atoms with Gasteiger partial charge in [-0.1, -0.05) is 15.9 Å². The Morgan fingerprint density at radius 1 is 1.57 bits per heavy atom. The number of hydrogen-bond donors (Lipinski definition) is 1. The largest absolute Gasteiger partial charge is 0.319 e. The smallest absolute Gasteiger partial charge is 0.266 e. The topological polar surface area (TPSA) is 49.9 Å². The lowest BCUT2D eigenvalue weighted by molar-refractivity contribution is 0.110. The third-order valence-electron chi connectivity index (χ3n) is 1.68. The van der Waals surface area contributed by atoms with E-state index in [0.29, 0.717) is 0 Å². The second kappa shape index (κ2) is 4.45. The van der Waals surface area contributed by atoms with Crippen LogP contribution in [-0.2, 0) is 5.33 Å². The Kier molecular flexibility index (Phi) is 3.51. The van der Waals surface area contributed by atoms with Crippen LogP contribution in [0.25, 0.3) is 0 Å². The molecule has 14 heavy (non-hydrogen) atoms. The van der Waals surface area contributed by atoms with E-state index in [9.17, 15) is 18.4 Å². The molecule has 0 bridgehead atoms. The van der Waals surface area contributed by atoms with Crippen molar-refractivity contribution in [3.05, 3.63) is 33.2 Å². The summed E-state index contributed by atoms with van der Waals surface area (Å²) in [5, 5.41) is 0.109. The molecule has 0 aromatic carbocycles. The van der Waals surface area contributed by atoms with Crippen LogP contribution >= 0.6 is 15.9 Å². The van der Waals surface area contributed by atoms with Crippen LogP contribution in [-0.4, -0.2) is 11.3 Å². The summed E-state index contributed by atoms with van der Waals surface area (Å²) in [6.45, 7) is 0. The van der Waals surface area contributed by atoms with Crippen molar-refractivity contribution in [2.75, 3.05) is 0 Å². The highest BCUT2D eigenvalue weighted by atomic mass is 79.9. The van der Waals surface area contributed by atoms with Gasteiger partial charge in [0.05, 0.1) is 5.69 Å². The van der Waals surface area contributed by atoms with E-state index in [4.69, 9.17) is 0 Å². The highest BCUT2D eigenvalue weighted by molar-refractivity contribution is 9.08. The Hall–Kier alpha value is -1.04. The van der Waals surface area contributed by atoms with Gasteiger partial charge >= 0.3 is 0 Å². The summed E-state index contributed by atoms with van der Waals surface area (Å²) in [5.41, 5.74) is -1.21. The van der Waals surface area contributed by atoms with E-state index in [1.165, 1.54) is 0 Å². The van der Waals surface area contributed by atoms with Gasteiger partial charge in [0.15, 0.2) is 6.29 Å². The van der Waals surface area contributed by atoms with Crippen LogP contribution in [0.15, 0.2) is 10.9 Å². The molecule has 0 aliphatic rings. The van der Waals surface area contributed by atoms with Crippen molar-refractivity contribution >= 4 is 22.2 Å². The number of alkyl halides is 3. The van der Waals surface area contributed by atoms with Gasteiger partial charge in [0.25, 0.3) is 6.43 Å². The zero-order valence-electron chi connectivity index (χ0n) is 6.89. The standard InChI is InChI=1S/C8H6BrF2NO2/c9-2-4-1-6(14)12-5(3-13)7(4)8(10)11/h1,3,8H,2H2,(H,12,14). The molecule has 1 aromatic heterocycles. The molecule has 0 fully saturated rings. The second-order valence-electron chi connectivity index (χ2n) is 2.54. The molecule has 1 heterocycles. The number of carbonyl (C=O) groups excluding carboxylic acids is 1. The highest BCUT2D eigenvalue weighted by Crippen LogP contribution is 2.25. The minimum atomic E-state index is -2.78. The van der Waals surface area contributed by atoms with Crippen molar-refractivity contribution in [2.24, 2.45) is 0 Å². The van der Waals surface area contributed by atoms with E-state index in [2.05, 4.69) is 20.9 Å². The number of hydrogen-bond acceptors (Lipinski definition) is 2. The normalized spacial score (nSPS) is 10.6. The minimum Gasteiger partial charge on any atom is -0.319 e. The van der Waals surface area contributed by atoms with Crippen LogP contribution in [0.3, 0.4) is 0 Å². The maximum Gasteiger partial charge on any atom is 0.266 e. The third-order valence-corrected chi connectivity index (χ3v) is 2.28. The van der Waals surface area contributed by atoms with Crippen molar-refractivity contribution in [2.45, 2.75) is 11.8 Å². The summed E-state index contributed by atoms with van der Waals surface area (Å²) in [4.78, 5) is 23.4. The number of H-pyrrole nitrogens is 1. The first-order valence-electron chi connectivity index (χ1n) is 3.65. The van der Waals surface area contributed by atoms with Gasteiger partial charge in [-0.2, -0.15) is 0 Å². The van der Waals surface area contributed by atoms with Crippen molar-refractivity contribution < 1.29 is 13.6 Å². The fourth-order valence-corrected chi connectivity index (χ4v) is 1.57. The zero-order chi connectivity index (χ0) is 10.7. The van der Waals surface area contributed by atoms with Crippen molar-refractivity contribution in [3.63, 3.8) is 0 Å². The molecule has 0 aliphatic carbocycles. The number of aromatic nitrogens is 1. The van der Waals surface area contributed by atoms with Crippen LogP contribution in [0, 0.1) is 0 Å². The van der Waals surface area contributed by atoms with E-state index in [1.54, 1.807) is 0 Å². The Morgan fingerprint density at radius 3 is 2.64 bits per heavy atom. The summed E-state index contributed by atoms with van der Waals surface area (Å²) >= 11 is 2.97. The van der Waals surface area contributed by atoms with Crippen molar-refractivity contribution in [3.8, 4) is 0 Å². The molecule has 1 aromatic rings. The van der Waals surface area contributed by atoms with E-state index in [-0.39, 0.29) is 22.9 Å². The van der Waals surface area contributed by atoms with Crippen molar-refractivity contribution in [1.82, 2.24) is 4.98 Å². The van der Waals surface area contributed by atoms with Crippen LogP contribution in [0.4, 0.5) is 8.78 Å². The fraction of sp³-hybridized carbons (Fsp3) is 0.250. The molecule has 0 amide bonds. The molecule has 0 unspecified atom stereocenters. The molecular formula is C8H6BrF2NO2. The number of nitrogens with one attached hydrogen (secondary N) is 1. The summed E-state index contributed by atoms with van der Waals surface area (Å²) in [7, 11) is 0. The first kappa shape index (κ1) is 11.0. The van der Waals surface area contributed by atoms with Gasteiger partial charge in [-0.15, -0.1) is 0 Å². The molecule has 0 radical (unpaired) electrons. The SMILES string of the molecule is O=Cc1[nH]c(=O)cc(CBr)c1C(F)F. The number of pyridine rings is 1. The van der Waals surface area contributed by atoms with E-state index in [0.717, 1.165) is 6.07 Å². The second-order valence-corrected chi connectivity index (χ2v) is 3.10. The first-order valence-corrected chi connectivity index (χ1v) is 4.77. The Morgan fingerprint density at radius 2 is 2.21 bits per heavy atom. The minimum absolute atomic E-state index is 0.109. The lowest BCUT2D eigenvalue weighted by atomic mass is 10.1. The quantitative estimate of drug-likeness (QED) is 0.672. The van der Waals surface area contributed by atoms with Crippen molar-refractivity contribution in [1.29, 1.82) is 0 Å². The number of aromatic amines is 1. The van der Waals surface area contributed by atoms with Crippen LogP contribution < -0.4 is 5.56 Å². The Bertz CT molecular complexity index is 403. The molecule has 3 nitrogen and oxygen atoms in total. The average molecular weight is 266 g/mol. The number of rotatable bonds is 3. The molecule has 0 spiro atoms. The van der Waals surface area contributed by atoms with Gasteiger partial charge in [0.2, 0.25) is 5.56 Å². The summed E-state index contributed by atoms with van der Waals surface area (Å²) < 4.78 is 25.0. The van der Waals surface area contributed by atoms with Crippen LogP contribution in [0.5, 0.6) is 0 Å². The molecule has 0 atom stereocenters. The summed E-state index contributed by atoms with van der Waals surface area (Å²) in [6, 6.07) is 1.04. The summed E-state index contributed by atoms with van der Waals surface area (Å²) in [6.07, 6.45) is -2.56. The molecule has 0 aliphatic heterocycles. The van der Waals surface area contributed by atoms with Gasteiger partial charge in [-0.25, -0.2) is 8.78 Å². The maximum absolute atomic E-state index is 12.5. The molecule has 1 N–H and O–H groups in total. The summed E-state index contributed by atoms with van der Waals surface area (Å²) in [5.74, 6) is 0. The van der Waals surface area contributed by atoms with Gasteiger partial charge < -0.3 is 4.98 Å². The lowest BCUT2D eigenvalue weighted by Crippen LogP contribution is -2.13. The van der Waals surface area contributed by atoms with E-state index >= 15 is 0 Å². The molecule has 76 valence electrons. The van der Waals surface area contributed by atoms with Crippen LogP contribution in [0.1, 0.15) is 28.0 Å². The third kappa shape index (κ3) is 2.06. The average Bonchev–Trinajstić information content (AvgIpc) is 2.15. The molecule has 1 rings (SSSR count). The van der Waals surface area contributed by atoms with Gasteiger partial charge in [0, 0.05) is 17.0 Å².